The molecule has 1 heterocycles. The van der Waals surface area contributed by atoms with Crippen molar-refractivity contribution in [3.05, 3.63) is 0 Å². The highest BCUT2D eigenvalue weighted by atomic mass is 32.2. The number of thioether (sulfide) groups is 1. The van der Waals surface area contributed by atoms with Gasteiger partial charge >= 0.3 is 0 Å². The van der Waals surface area contributed by atoms with E-state index in [9.17, 15) is 4.79 Å². The van der Waals surface area contributed by atoms with Crippen LogP contribution in [-0.4, -0.2) is 40.6 Å². The van der Waals surface area contributed by atoms with E-state index in [4.69, 9.17) is 17.0 Å². The molecule has 0 unspecified atom stereocenters. The third-order valence-electron chi connectivity index (χ3n) is 2.16. The van der Waals surface area contributed by atoms with Crippen molar-refractivity contribution in [3.8, 4) is 0 Å². The van der Waals surface area contributed by atoms with Gasteiger partial charge in [-0.05, 0) is 6.42 Å². The molecule has 1 aliphatic rings. The third kappa shape index (κ3) is 4.49. The Morgan fingerprint density at radius 3 is 3.00 bits per heavy atom. The van der Waals surface area contributed by atoms with Crippen LogP contribution in [-0.2, 0) is 9.53 Å². The van der Waals surface area contributed by atoms with Gasteiger partial charge in [0.25, 0.3) is 0 Å². The number of thiocarbonyl (C=S) groups is 1. The number of rotatable bonds is 6. The summed E-state index contributed by atoms with van der Waals surface area (Å²) in [5.41, 5.74) is 0. The third-order valence-corrected chi connectivity index (χ3v) is 3.59. The van der Waals surface area contributed by atoms with Crippen molar-refractivity contribution in [1.82, 2.24) is 4.90 Å². The summed E-state index contributed by atoms with van der Waals surface area (Å²) in [6.45, 7) is 4.15. The lowest BCUT2D eigenvalue weighted by Gasteiger charge is -2.14. The van der Waals surface area contributed by atoms with Gasteiger partial charge in [-0.3, -0.25) is 9.69 Å². The van der Waals surface area contributed by atoms with Gasteiger partial charge in [-0.25, -0.2) is 0 Å². The summed E-state index contributed by atoms with van der Waals surface area (Å²) in [7, 11) is 0. The van der Waals surface area contributed by atoms with Gasteiger partial charge in [0.2, 0.25) is 5.91 Å². The van der Waals surface area contributed by atoms with E-state index in [1.54, 1.807) is 16.7 Å². The van der Waals surface area contributed by atoms with Gasteiger partial charge < -0.3 is 4.74 Å². The Morgan fingerprint density at radius 1 is 1.60 bits per heavy atom. The van der Waals surface area contributed by atoms with Crippen LogP contribution in [0.2, 0.25) is 0 Å². The molecule has 1 rings (SSSR count). The lowest BCUT2D eigenvalue weighted by Crippen LogP contribution is -2.31. The summed E-state index contributed by atoms with van der Waals surface area (Å²) in [6.07, 6.45) is 2.64. The normalized spacial score (nSPS) is 16.1. The minimum Gasteiger partial charge on any atom is -0.381 e. The second kappa shape index (κ2) is 7.19. The highest BCUT2D eigenvalue weighted by molar-refractivity contribution is 8.23. The summed E-state index contributed by atoms with van der Waals surface area (Å²) < 4.78 is 6.06. The van der Waals surface area contributed by atoms with Crippen LogP contribution < -0.4 is 0 Å². The molecule has 3 nitrogen and oxygen atoms in total. The second-order valence-corrected chi connectivity index (χ2v) is 5.10. The number of ether oxygens (including phenoxy) is 1. The van der Waals surface area contributed by atoms with Crippen molar-refractivity contribution in [1.29, 1.82) is 0 Å². The molecule has 0 spiro atoms. The van der Waals surface area contributed by atoms with Crippen LogP contribution in [0.25, 0.3) is 0 Å². The number of hydrogen-bond donors (Lipinski definition) is 0. The van der Waals surface area contributed by atoms with Crippen LogP contribution in [0.5, 0.6) is 0 Å². The maximum Gasteiger partial charge on any atom is 0.230 e. The number of hydrogen-bond acceptors (Lipinski definition) is 4. The first-order valence-electron chi connectivity index (χ1n) is 5.30. The maximum atomic E-state index is 11.6. The first-order chi connectivity index (χ1) is 7.25. The van der Waals surface area contributed by atoms with Gasteiger partial charge in [-0.2, -0.15) is 0 Å². The van der Waals surface area contributed by atoms with Crippen molar-refractivity contribution in [2.24, 2.45) is 0 Å². The molecule has 0 aromatic heterocycles. The molecule has 0 aromatic rings. The number of nitrogens with zero attached hydrogens (tertiary/aromatic N) is 1. The number of amides is 1. The van der Waals surface area contributed by atoms with Crippen LogP contribution >= 0.6 is 24.0 Å². The molecule has 0 N–H and O–H groups in total. The Bertz CT molecular complexity index is 233. The van der Waals surface area contributed by atoms with Gasteiger partial charge in [0.1, 0.15) is 4.32 Å². The first kappa shape index (κ1) is 12.9. The molecule has 0 bridgehead atoms. The van der Waals surface area contributed by atoms with Crippen molar-refractivity contribution in [3.63, 3.8) is 0 Å². The van der Waals surface area contributed by atoms with E-state index in [1.165, 1.54) is 0 Å². The smallest absolute Gasteiger partial charge is 0.230 e. The largest absolute Gasteiger partial charge is 0.381 e. The van der Waals surface area contributed by atoms with Gasteiger partial charge in [-0.15, -0.1) is 0 Å². The molecular weight excluding hydrogens is 230 g/mol. The summed E-state index contributed by atoms with van der Waals surface area (Å²) >= 11 is 6.64. The highest BCUT2D eigenvalue weighted by Gasteiger charge is 2.23. The molecule has 1 fully saturated rings. The molecule has 0 radical (unpaired) electrons. The van der Waals surface area contributed by atoms with E-state index in [2.05, 4.69) is 6.92 Å². The Hall–Kier alpha value is -0.130. The summed E-state index contributed by atoms with van der Waals surface area (Å²) in [4.78, 5) is 13.3. The molecule has 1 saturated heterocycles. The summed E-state index contributed by atoms with van der Waals surface area (Å²) in [5.74, 6) is 1.03. The lowest BCUT2D eigenvalue weighted by molar-refractivity contribution is -0.127. The number of carbonyl (C=O) groups is 1. The summed E-state index contributed by atoms with van der Waals surface area (Å²) in [5, 5.41) is 0. The molecule has 15 heavy (non-hydrogen) atoms. The van der Waals surface area contributed by atoms with Crippen molar-refractivity contribution < 1.29 is 9.53 Å². The minimum atomic E-state index is 0.0986. The van der Waals surface area contributed by atoms with Crippen LogP contribution in [0.4, 0.5) is 0 Å². The minimum absolute atomic E-state index is 0.0986. The van der Waals surface area contributed by atoms with Gasteiger partial charge in [0, 0.05) is 18.9 Å². The maximum absolute atomic E-state index is 11.6. The van der Waals surface area contributed by atoms with Crippen LogP contribution in [0.15, 0.2) is 0 Å². The Labute approximate surface area is 101 Å². The average molecular weight is 247 g/mol. The van der Waals surface area contributed by atoms with Gasteiger partial charge in [0.05, 0.1) is 13.0 Å². The molecule has 0 atom stereocenters. The van der Waals surface area contributed by atoms with E-state index in [0.29, 0.717) is 17.3 Å². The van der Waals surface area contributed by atoms with Crippen molar-refractivity contribution >= 4 is 34.2 Å². The van der Waals surface area contributed by atoms with Gasteiger partial charge in [0.15, 0.2) is 0 Å². The molecule has 1 amide bonds. The van der Waals surface area contributed by atoms with Gasteiger partial charge in [-0.1, -0.05) is 37.3 Å². The monoisotopic (exact) mass is 247 g/mol. The molecule has 0 saturated carbocycles. The van der Waals surface area contributed by atoms with Crippen molar-refractivity contribution in [2.45, 2.75) is 26.2 Å². The first-order valence-corrected chi connectivity index (χ1v) is 6.70. The van der Waals surface area contributed by atoms with E-state index < -0.39 is 0 Å². The predicted molar refractivity (Wildman–Crippen MR) is 67.1 cm³/mol. The fourth-order valence-electron chi connectivity index (χ4n) is 1.26. The highest BCUT2D eigenvalue weighted by Crippen LogP contribution is 2.18. The molecule has 0 aliphatic carbocycles. The van der Waals surface area contributed by atoms with E-state index in [0.717, 1.165) is 31.7 Å². The lowest BCUT2D eigenvalue weighted by atomic mass is 10.3. The zero-order valence-electron chi connectivity index (χ0n) is 9.03. The molecule has 86 valence electrons. The fourth-order valence-corrected chi connectivity index (χ4v) is 2.50. The zero-order chi connectivity index (χ0) is 11.1. The second-order valence-electron chi connectivity index (χ2n) is 3.38. The fraction of sp³-hybridized carbons (Fsp3) is 0.800. The Morgan fingerprint density at radius 2 is 2.40 bits per heavy atom. The predicted octanol–water partition coefficient (Wildman–Crippen LogP) is 2.05. The zero-order valence-corrected chi connectivity index (χ0v) is 10.7. The molecular formula is C10H17NO2S2. The topological polar surface area (TPSA) is 29.5 Å². The summed E-state index contributed by atoms with van der Waals surface area (Å²) in [6, 6.07) is 0. The standard InChI is InChI=1S/C10H17NO2S2/c1-2-3-6-13-7-4-9(12)11-5-8-15-10(11)14/h2-8H2,1H3. The van der Waals surface area contributed by atoms with E-state index >= 15 is 0 Å². The van der Waals surface area contributed by atoms with Crippen LogP contribution in [0.3, 0.4) is 0 Å². The van der Waals surface area contributed by atoms with Crippen molar-refractivity contribution in [2.75, 3.05) is 25.5 Å². The SMILES string of the molecule is CCCCOCCC(=O)N1CCSC1=S. The quantitative estimate of drug-likeness (QED) is 0.531. The Balaban J connectivity index is 2.10. The molecule has 5 heteroatoms. The van der Waals surface area contributed by atoms with E-state index in [1.807, 2.05) is 0 Å². The number of carbonyl (C=O) groups excluding carboxylic acids is 1. The molecule has 1 aliphatic heterocycles. The van der Waals surface area contributed by atoms with E-state index in [-0.39, 0.29) is 5.91 Å². The average Bonchev–Trinajstić information content (AvgIpc) is 2.64. The molecule has 0 aromatic carbocycles. The number of unbranched alkanes of at least 4 members (excludes halogenated alkanes) is 1. The Kier molecular flexibility index (Phi) is 6.20. The van der Waals surface area contributed by atoms with Crippen LogP contribution in [0.1, 0.15) is 26.2 Å². The van der Waals surface area contributed by atoms with Crippen LogP contribution in [0, 0.1) is 0 Å².